The topological polar surface area (TPSA) is 40.5 Å². The van der Waals surface area contributed by atoms with Gasteiger partial charge in [0.2, 0.25) is 0 Å². The van der Waals surface area contributed by atoms with Crippen molar-refractivity contribution in [1.82, 2.24) is 4.57 Å². The Morgan fingerprint density at radius 2 is 2.14 bits per heavy atom. The third-order valence-corrected chi connectivity index (χ3v) is 4.04. The lowest BCUT2D eigenvalue weighted by molar-refractivity contribution is 0.0508. The molecule has 1 heterocycles. The molecule has 2 aromatic rings. The summed E-state index contributed by atoms with van der Waals surface area (Å²) < 4.78 is 26.4. The van der Waals surface area contributed by atoms with Gasteiger partial charge in [-0.25, -0.2) is 9.18 Å². The summed E-state index contributed by atoms with van der Waals surface area (Å²) in [5, 5.41) is 0.436. The van der Waals surface area contributed by atoms with E-state index in [1.165, 1.54) is 13.2 Å². The minimum Gasteiger partial charge on any atom is -0.497 e. The number of esters is 1. The van der Waals surface area contributed by atoms with Crippen molar-refractivity contribution in [2.24, 2.45) is 0 Å². The van der Waals surface area contributed by atoms with Crippen LogP contribution in [0.5, 0.6) is 5.75 Å². The highest BCUT2D eigenvalue weighted by molar-refractivity contribution is 5.96. The second-order valence-electron chi connectivity index (χ2n) is 5.25. The molecule has 0 bridgehead atoms. The number of ether oxygens (including phenoxy) is 2. The van der Waals surface area contributed by atoms with Gasteiger partial charge in [0.05, 0.1) is 19.2 Å². The quantitative estimate of drug-likeness (QED) is 0.807. The Kier molecular flexibility index (Phi) is 3.57. The van der Waals surface area contributed by atoms with E-state index in [0.29, 0.717) is 29.0 Å². The summed E-state index contributed by atoms with van der Waals surface area (Å²) in [5.41, 5.74) is 1.11. The molecule has 3 rings (SSSR count). The first kappa shape index (κ1) is 13.9. The molecule has 4 nitrogen and oxygen atoms in total. The minimum atomic E-state index is -0.404. The van der Waals surface area contributed by atoms with E-state index in [1.807, 2.05) is 4.57 Å². The molecule has 0 saturated heterocycles. The molecular formula is C16H18FNO3. The standard InChI is InChI=1S/C16H18FNO3/c1-3-21-16(19)15-9-12-13(17)7-11(20-2)8-14(12)18(15)10-5-4-6-10/h7-10H,3-6H2,1-2H3. The van der Waals surface area contributed by atoms with Gasteiger partial charge in [0, 0.05) is 23.6 Å². The van der Waals surface area contributed by atoms with Crippen molar-refractivity contribution in [3.63, 3.8) is 0 Å². The number of methoxy groups -OCH3 is 1. The molecule has 21 heavy (non-hydrogen) atoms. The van der Waals surface area contributed by atoms with Gasteiger partial charge in [0.1, 0.15) is 17.3 Å². The molecule has 0 N–H and O–H groups in total. The molecule has 1 fully saturated rings. The van der Waals surface area contributed by atoms with Gasteiger partial charge in [0.25, 0.3) is 0 Å². The highest BCUT2D eigenvalue weighted by Gasteiger charge is 2.28. The molecule has 5 heteroatoms. The van der Waals surface area contributed by atoms with Crippen LogP contribution in [0, 0.1) is 5.82 Å². The number of carbonyl (C=O) groups is 1. The van der Waals surface area contributed by atoms with Crippen molar-refractivity contribution in [3.8, 4) is 5.75 Å². The molecule has 1 aromatic heterocycles. The molecule has 1 aromatic carbocycles. The lowest BCUT2D eigenvalue weighted by Gasteiger charge is -2.29. The van der Waals surface area contributed by atoms with Crippen LogP contribution in [0.4, 0.5) is 4.39 Å². The molecule has 1 saturated carbocycles. The lowest BCUT2D eigenvalue weighted by atomic mass is 9.92. The van der Waals surface area contributed by atoms with Gasteiger partial charge >= 0.3 is 5.97 Å². The van der Waals surface area contributed by atoms with Crippen LogP contribution in [0.2, 0.25) is 0 Å². The van der Waals surface area contributed by atoms with E-state index in [-0.39, 0.29) is 11.9 Å². The van der Waals surface area contributed by atoms with Crippen LogP contribution in [0.1, 0.15) is 42.7 Å². The minimum absolute atomic E-state index is 0.230. The fraction of sp³-hybridized carbons (Fsp3) is 0.438. The van der Waals surface area contributed by atoms with Gasteiger partial charge in [-0.1, -0.05) is 0 Å². The largest absolute Gasteiger partial charge is 0.497 e. The van der Waals surface area contributed by atoms with Gasteiger partial charge in [-0.05, 0) is 32.3 Å². The Hall–Kier alpha value is -2.04. The lowest BCUT2D eigenvalue weighted by Crippen LogP contribution is -2.21. The molecular weight excluding hydrogens is 273 g/mol. The van der Waals surface area contributed by atoms with Gasteiger partial charge < -0.3 is 14.0 Å². The zero-order valence-corrected chi connectivity index (χ0v) is 12.2. The van der Waals surface area contributed by atoms with E-state index >= 15 is 0 Å². The number of hydrogen-bond donors (Lipinski definition) is 0. The summed E-state index contributed by atoms with van der Waals surface area (Å²) in [6.07, 6.45) is 3.11. The van der Waals surface area contributed by atoms with E-state index in [4.69, 9.17) is 9.47 Å². The van der Waals surface area contributed by atoms with Gasteiger partial charge in [0.15, 0.2) is 0 Å². The number of fused-ring (bicyclic) bond motifs is 1. The van der Waals surface area contributed by atoms with Crippen molar-refractivity contribution in [2.75, 3.05) is 13.7 Å². The SMILES string of the molecule is CCOC(=O)c1cc2c(F)cc(OC)cc2n1C1CCC1. The zero-order valence-electron chi connectivity index (χ0n) is 12.2. The summed E-state index contributed by atoms with van der Waals surface area (Å²) >= 11 is 0. The van der Waals surface area contributed by atoms with E-state index in [0.717, 1.165) is 19.3 Å². The number of benzene rings is 1. The number of rotatable bonds is 4. The molecule has 0 unspecified atom stereocenters. The van der Waals surface area contributed by atoms with Gasteiger partial charge in [-0.15, -0.1) is 0 Å². The van der Waals surface area contributed by atoms with E-state index in [2.05, 4.69) is 0 Å². The Labute approximate surface area is 122 Å². The average Bonchev–Trinajstić information content (AvgIpc) is 2.77. The summed E-state index contributed by atoms with van der Waals surface area (Å²) in [6.45, 7) is 2.06. The molecule has 0 amide bonds. The summed E-state index contributed by atoms with van der Waals surface area (Å²) in [6, 6.07) is 4.93. The highest BCUT2D eigenvalue weighted by atomic mass is 19.1. The molecule has 0 atom stereocenters. The Bertz CT molecular complexity index is 688. The van der Waals surface area contributed by atoms with E-state index < -0.39 is 5.97 Å². The number of carbonyl (C=O) groups excluding carboxylic acids is 1. The van der Waals surface area contributed by atoms with Crippen molar-refractivity contribution in [3.05, 3.63) is 29.7 Å². The average molecular weight is 291 g/mol. The first-order valence-electron chi connectivity index (χ1n) is 7.21. The van der Waals surface area contributed by atoms with Crippen LogP contribution < -0.4 is 4.74 Å². The normalized spacial score (nSPS) is 15.0. The molecule has 1 aliphatic carbocycles. The predicted molar refractivity (Wildman–Crippen MR) is 77.3 cm³/mol. The first-order valence-corrected chi connectivity index (χ1v) is 7.21. The summed E-state index contributed by atoms with van der Waals surface area (Å²) in [7, 11) is 1.50. The molecule has 0 radical (unpaired) electrons. The number of aromatic nitrogens is 1. The van der Waals surface area contributed by atoms with Crippen LogP contribution in [0.3, 0.4) is 0 Å². The Balaban J connectivity index is 2.21. The second kappa shape index (κ2) is 5.39. The highest BCUT2D eigenvalue weighted by Crippen LogP contribution is 2.38. The van der Waals surface area contributed by atoms with Crippen molar-refractivity contribution in [2.45, 2.75) is 32.2 Å². The molecule has 0 aliphatic heterocycles. The van der Waals surface area contributed by atoms with Crippen molar-refractivity contribution in [1.29, 1.82) is 0 Å². The van der Waals surface area contributed by atoms with Crippen LogP contribution in [0.15, 0.2) is 18.2 Å². The fourth-order valence-electron chi connectivity index (χ4n) is 2.78. The number of nitrogens with zero attached hydrogens (tertiary/aromatic N) is 1. The van der Waals surface area contributed by atoms with Crippen LogP contribution in [-0.4, -0.2) is 24.3 Å². The van der Waals surface area contributed by atoms with Crippen molar-refractivity contribution >= 4 is 16.9 Å². The van der Waals surface area contributed by atoms with Gasteiger partial charge in [-0.3, -0.25) is 0 Å². The Morgan fingerprint density at radius 3 is 2.71 bits per heavy atom. The second-order valence-corrected chi connectivity index (χ2v) is 5.25. The first-order chi connectivity index (χ1) is 10.2. The molecule has 112 valence electrons. The van der Waals surface area contributed by atoms with Crippen LogP contribution in [-0.2, 0) is 4.74 Å². The zero-order chi connectivity index (χ0) is 15.0. The van der Waals surface area contributed by atoms with E-state index in [1.54, 1.807) is 19.1 Å². The Morgan fingerprint density at radius 1 is 1.38 bits per heavy atom. The van der Waals surface area contributed by atoms with Gasteiger partial charge in [-0.2, -0.15) is 0 Å². The number of hydrogen-bond acceptors (Lipinski definition) is 3. The molecule has 0 spiro atoms. The van der Waals surface area contributed by atoms with Crippen LogP contribution >= 0.6 is 0 Å². The van der Waals surface area contributed by atoms with Crippen LogP contribution in [0.25, 0.3) is 10.9 Å². The monoisotopic (exact) mass is 291 g/mol. The maximum atomic E-state index is 14.2. The van der Waals surface area contributed by atoms with Crippen molar-refractivity contribution < 1.29 is 18.7 Å². The van der Waals surface area contributed by atoms with E-state index in [9.17, 15) is 9.18 Å². The fourth-order valence-corrected chi connectivity index (χ4v) is 2.78. The smallest absolute Gasteiger partial charge is 0.354 e. The maximum absolute atomic E-state index is 14.2. The predicted octanol–water partition coefficient (Wildman–Crippen LogP) is 3.69. The third kappa shape index (κ3) is 2.26. The summed E-state index contributed by atoms with van der Waals surface area (Å²) in [4.78, 5) is 12.1. The number of halogens is 1. The summed E-state index contributed by atoms with van der Waals surface area (Å²) in [5.74, 6) is -0.332. The third-order valence-electron chi connectivity index (χ3n) is 4.04. The molecule has 1 aliphatic rings. The maximum Gasteiger partial charge on any atom is 0.354 e.